The van der Waals surface area contributed by atoms with Gasteiger partial charge in [0.15, 0.2) is 0 Å². The van der Waals surface area contributed by atoms with Crippen LogP contribution in [-0.4, -0.2) is 40.2 Å². The highest BCUT2D eigenvalue weighted by Crippen LogP contribution is 2.37. The summed E-state index contributed by atoms with van der Waals surface area (Å²) in [5.41, 5.74) is 7.11. The molecule has 31 heavy (non-hydrogen) atoms. The normalized spacial score (nSPS) is 16.0. The van der Waals surface area contributed by atoms with Gasteiger partial charge in [-0.05, 0) is 55.3 Å². The third kappa shape index (κ3) is 4.85. The van der Waals surface area contributed by atoms with Crippen LogP contribution >= 0.6 is 11.3 Å². The monoisotopic (exact) mass is 435 g/mol. The highest BCUT2D eigenvalue weighted by molar-refractivity contribution is 7.14. The average molecular weight is 436 g/mol. The molecule has 0 radical (unpaired) electrons. The van der Waals surface area contributed by atoms with Crippen molar-refractivity contribution in [3.05, 3.63) is 77.1 Å². The van der Waals surface area contributed by atoms with Gasteiger partial charge in [0.1, 0.15) is 22.6 Å². The molecule has 1 amide bonds. The summed E-state index contributed by atoms with van der Waals surface area (Å²) in [5.74, 6) is 1.24. The molecular formula is C24H25N3O3S. The number of aromatic nitrogens is 1. The molecule has 4 rings (SSSR count). The van der Waals surface area contributed by atoms with Gasteiger partial charge >= 0.3 is 0 Å². The Bertz CT molecular complexity index is 1040. The number of hydrogen-bond donors (Lipinski definition) is 2. The number of amides is 1. The Labute approximate surface area is 185 Å². The van der Waals surface area contributed by atoms with Gasteiger partial charge in [0.05, 0.1) is 10.7 Å². The Morgan fingerprint density at radius 2 is 1.81 bits per heavy atom. The number of carbonyl (C=O) groups excluding carboxylic acids is 1. The maximum absolute atomic E-state index is 12.1. The molecule has 0 saturated carbocycles. The van der Waals surface area contributed by atoms with Crippen LogP contribution in [0.4, 0.5) is 0 Å². The number of piperidine rings is 1. The highest BCUT2D eigenvalue weighted by atomic mass is 32.1. The van der Waals surface area contributed by atoms with Crippen molar-refractivity contribution >= 4 is 17.2 Å². The van der Waals surface area contributed by atoms with E-state index in [9.17, 15) is 9.90 Å². The van der Waals surface area contributed by atoms with Crippen LogP contribution in [0.2, 0.25) is 0 Å². The first-order valence-electron chi connectivity index (χ1n) is 10.2. The molecule has 1 aromatic heterocycles. The van der Waals surface area contributed by atoms with Crippen LogP contribution in [0.3, 0.4) is 0 Å². The topological polar surface area (TPSA) is 88.7 Å². The van der Waals surface area contributed by atoms with Gasteiger partial charge in [-0.1, -0.05) is 24.8 Å². The number of thiazole rings is 1. The fourth-order valence-corrected chi connectivity index (χ4v) is 4.85. The minimum Gasteiger partial charge on any atom is -0.457 e. The molecule has 1 unspecified atom stereocenters. The third-order valence-electron chi connectivity index (χ3n) is 5.44. The van der Waals surface area contributed by atoms with E-state index in [1.54, 1.807) is 0 Å². The SMILES string of the molecule is C=CC(O)N1CCC(c2nc(-c3ccc(Oc4ccccc4)cc3)c(C(N)=O)s2)CC1. The van der Waals surface area contributed by atoms with Crippen molar-refractivity contribution in [3.63, 3.8) is 0 Å². The Kier molecular flexibility index (Phi) is 6.46. The number of para-hydroxylation sites is 1. The Morgan fingerprint density at radius 1 is 1.16 bits per heavy atom. The molecule has 0 aliphatic carbocycles. The third-order valence-corrected chi connectivity index (χ3v) is 6.67. The molecular weight excluding hydrogens is 410 g/mol. The van der Waals surface area contributed by atoms with E-state index >= 15 is 0 Å². The van der Waals surface area contributed by atoms with E-state index in [2.05, 4.69) is 6.58 Å². The summed E-state index contributed by atoms with van der Waals surface area (Å²) in [6.07, 6.45) is 2.64. The molecule has 0 bridgehead atoms. The molecule has 3 aromatic rings. The minimum absolute atomic E-state index is 0.241. The maximum atomic E-state index is 12.1. The van der Waals surface area contributed by atoms with E-state index in [4.69, 9.17) is 15.5 Å². The lowest BCUT2D eigenvalue weighted by Gasteiger charge is -2.33. The molecule has 3 N–H and O–H groups in total. The molecule has 160 valence electrons. The Hall–Kier alpha value is -3.00. The number of rotatable bonds is 7. The number of ether oxygens (including phenoxy) is 1. The van der Waals surface area contributed by atoms with Gasteiger partial charge in [-0.15, -0.1) is 11.3 Å². The number of likely N-dealkylation sites (tertiary alicyclic amines) is 1. The van der Waals surface area contributed by atoms with Gasteiger partial charge in [0, 0.05) is 24.6 Å². The summed E-state index contributed by atoms with van der Waals surface area (Å²) in [5, 5.41) is 10.9. The highest BCUT2D eigenvalue weighted by Gasteiger charge is 2.28. The summed E-state index contributed by atoms with van der Waals surface area (Å²) in [6, 6.07) is 17.1. The van der Waals surface area contributed by atoms with Crippen molar-refractivity contribution in [2.45, 2.75) is 25.0 Å². The van der Waals surface area contributed by atoms with Gasteiger partial charge < -0.3 is 15.6 Å². The van der Waals surface area contributed by atoms with Gasteiger partial charge in [-0.3, -0.25) is 9.69 Å². The van der Waals surface area contributed by atoms with Crippen LogP contribution in [0.15, 0.2) is 67.3 Å². The van der Waals surface area contributed by atoms with Crippen molar-refractivity contribution < 1.29 is 14.6 Å². The molecule has 1 fully saturated rings. The number of primary amides is 1. The van der Waals surface area contributed by atoms with E-state index < -0.39 is 12.1 Å². The van der Waals surface area contributed by atoms with Crippen molar-refractivity contribution in [2.75, 3.05) is 13.1 Å². The van der Waals surface area contributed by atoms with Gasteiger partial charge in [-0.2, -0.15) is 0 Å². The molecule has 6 nitrogen and oxygen atoms in total. The fourth-order valence-electron chi connectivity index (χ4n) is 3.74. The zero-order chi connectivity index (χ0) is 21.8. The molecule has 7 heteroatoms. The minimum atomic E-state index is -0.620. The number of carbonyl (C=O) groups is 1. The second-order valence-electron chi connectivity index (χ2n) is 7.49. The molecule has 1 aliphatic rings. The van der Waals surface area contributed by atoms with Crippen LogP contribution in [-0.2, 0) is 0 Å². The largest absolute Gasteiger partial charge is 0.457 e. The number of aliphatic hydroxyl groups excluding tert-OH is 1. The summed E-state index contributed by atoms with van der Waals surface area (Å²) in [4.78, 5) is 19.4. The second-order valence-corrected chi connectivity index (χ2v) is 8.52. The van der Waals surface area contributed by atoms with Crippen molar-refractivity contribution in [3.8, 4) is 22.8 Å². The first-order valence-corrected chi connectivity index (χ1v) is 11.1. The first kappa shape index (κ1) is 21.2. The van der Waals surface area contributed by atoms with Crippen molar-refractivity contribution in [1.29, 1.82) is 0 Å². The summed E-state index contributed by atoms with van der Waals surface area (Å²) >= 11 is 1.37. The number of aliphatic hydroxyl groups is 1. The predicted octanol–water partition coefficient (Wildman–Crippen LogP) is 4.39. The van der Waals surface area contributed by atoms with E-state index in [-0.39, 0.29) is 5.92 Å². The van der Waals surface area contributed by atoms with Crippen LogP contribution in [0.1, 0.15) is 33.4 Å². The standard InChI is InChI=1S/C24H25N3O3S/c1-2-20(28)27-14-12-17(13-15-27)24-26-21(22(31-24)23(25)29)16-8-10-19(11-9-16)30-18-6-4-3-5-7-18/h2-11,17,20,28H,1,12-15H2,(H2,25,29). The van der Waals surface area contributed by atoms with Crippen LogP contribution in [0, 0.1) is 0 Å². The quantitative estimate of drug-likeness (QED) is 0.538. The van der Waals surface area contributed by atoms with Crippen molar-refractivity contribution in [2.24, 2.45) is 5.73 Å². The van der Waals surface area contributed by atoms with Crippen LogP contribution < -0.4 is 10.5 Å². The van der Waals surface area contributed by atoms with Crippen molar-refractivity contribution in [1.82, 2.24) is 9.88 Å². The lowest BCUT2D eigenvalue weighted by molar-refractivity contribution is 0.0244. The lowest BCUT2D eigenvalue weighted by Crippen LogP contribution is -2.39. The molecule has 2 aromatic carbocycles. The van der Waals surface area contributed by atoms with E-state index in [0.29, 0.717) is 16.3 Å². The molecule has 1 saturated heterocycles. The molecule has 2 heterocycles. The summed E-state index contributed by atoms with van der Waals surface area (Å²) < 4.78 is 5.84. The molecule has 1 aliphatic heterocycles. The van der Waals surface area contributed by atoms with Gasteiger partial charge in [-0.25, -0.2) is 4.98 Å². The number of nitrogens with zero attached hydrogens (tertiary/aromatic N) is 2. The second kappa shape index (κ2) is 9.43. The lowest BCUT2D eigenvalue weighted by atomic mass is 9.97. The number of hydrogen-bond acceptors (Lipinski definition) is 6. The predicted molar refractivity (Wildman–Crippen MR) is 122 cm³/mol. The van der Waals surface area contributed by atoms with Crippen LogP contribution in [0.25, 0.3) is 11.3 Å². The fraction of sp³-hybridized carbons (Fsp3) is 0.250. The summed E-state index contributed by atoms with van der Waals surface area (Å²) in [7, 11) is 0. The Balaban J connectivity index is 1.53. The number of benzene rings is 2. The first-order chi connectivity index (χ1) is 15.0. The van der Waals surface area contributed by atoms with E-state index in [0.717, 1.165) is 42.3 Å². The van der Waals surface area contributed by atoms with Crippen LogP contribution in [0.5, 0.6) is 11.5 Å². The average Bonchev–Trinajstić information content (AvgIpc) is 3.26. The van der Waals surface area contributed by atoms with Gasteiger partial charge in [0.2, 0.25) is 0 Å². The molecule has 1 atom stereocenters. The van der Waals surface area contributed by atoms with E-state index in [1.807, 2.05) is 59.5 Å². The zero-order valence-corrected chi connectivity index (χ0v) is 17.9. The summed E-state index contributed by atoms with van der Waals surface area (Å²) in [6.45, 7) is 5.16. The zero-order valence-electron chi connectivity index (χ0n) is 17.1. The Morgan fingerprint density at radius 3 is 2.42 bits per heavy atom. The smallest absolute Gasteiger partial charge is 0.261 e. The maximum Gasteiger partial charge on any atom is 0.261 e. The number of nitrogens with two attached hydrogens (primary N) is 1. The van der Waals surface area contributed by atoms with E-state index in [1.165, 1.54) is 17.4 Å². The van der Waals surface area contributed by atoms with Gasteiger partial charge in [0.25, 0.3) is 5.91 Å². The molecule has 0 spiro atoms.